The fourth-order valence-electron chi connectivity index (χ4n) is 2.90. The van der Waals surface area contributed by atoms with Crippen molar-refractivity contribution in [3.8, 4) is 0 Å². The molecule has 0 aliphatic carbocycles. The second kappa shape index (κ2) is 8.35. The van der Waals surface area contributed by atoms with Crippen molar-refractivity contribution in [1.82, 2.24) is 5.32 Å². The molecule has 27 heavy (non-hydrogen) atoms. The van der Waals surface area contributed by atoms with E-state index in [1.54, 1.807) is 24.5 Å². The molecule has 0 aliphatic rings. The van der Waals surface area contributed by atoms with Crippen molar-refractivity contribution in [2.24, 2.45) is 0 Å². The quantitative estimate of drug-likeness (QED) is 0.360. The van der Waals surface area contributed by atoms with Crippen LogP contribution in [-0.4, -0.2) is 23.9 Å². The third kappa shape index (κ3) is 4.44. The van der Waals surface area contributed by atoms with E-state index in [-0.39, 0.29) is 18.0 Å². The largest absolute Gasteiger partial charge is 0.464 e. The normalized spacial score (nSPS) is 10.7. The molecule has 0 atom stereocenters. The Morgan fingerprint density at radius 2 is 2.00 bits per heavy atom. The lowest BCUT2D eigenvalue weighted by Crippen LogP contribution is -2.30. The van der Waals surface area contributed by atoms with Crippen molar-refractivity contribution in [3.05, 3.63) is 70.0 Å². The van der Waals surface area contributed by atoms with Gasteiger partial charge in [-0.1, -0.05) is 31.2 Å². The minimum atomic E-state index is -0.436. The fraction of sp³-hybridized carbons (Fsp3) is 0.250. The Morgan fingerprint density at radius 1 is 1.19 bits per heavy atom. The molecule has 1 heterocycles. The van der Waals surface area contributed by atoms with Gasteiger partial charge >= 0.3 is 0 Å². The lowest BCUT2D eigenvalue weighted by atomic mass is 10.1. The molecule has 3 rings (SSSR count). The first kappa shape index (κ1) is 18.4. The second-order valence-corrected chi connectivity index (χ2v) is 6.17. The summed E-state index contributed by atoms with van der Waals surface area (Å²) in [5.74, 6) is -0.123. The number of benzene rings is 2. The second-order valence-electron chi connectivity index (χ2n) is 6.17. The fourth-order valence-corrected chi connectivity index (χ4v) is 2.90. The van der Waals surface area contributed by atoms with Crippen LogP contribution in [0.2, 0.25) is 0 Å². The van der Waals surface area contributed by atoms with Gasteiger partial charge in [-0.2, -0.15) is 0 Å². The lowest BCUT2D eigenvalue weighted by Gasteiger charge is -2.08. The monoisotopic (exact) mass is 367 g/mol. The number of aryl methyl sites for hydroxylation is 1. The summed E-state index contributed by atoms with van der Waals surface area (Å²) in [7, 11) is 0. The van der Waals surface area contributed by atoms with Crippen LogP contribution >= 0.6 is 0 Å². The van der Waals surface area contributed by atoms with Crippen molar-refractivity contribution in [3.63, 3.8) is 0 Å². The third-order valence-corrected chi connectivity index (χ3v) is 4.34. The summed E-state index contributed by atoms with van der Waals surface area (Å²) in [6.07, 6.45) is 2.78. The summed E-state index contributed by atoms with van der Waals surface area (Å²) in [6.45, 7) is 2.83. The summed E-state index contributed by atoms with van der Waals surface area (Å²) in [4.78, 5) is 22.7. The number of nitrogens with zero attached hydrogens (tertiary/aromatic N) is 1. The molecule has 2 N–H and O–H groups in total. The highest BCUT2D eigenvalue weighted by Gasteiger charge is 2.12. The molecule has 0 saturated heterocycles. The van der Waals surface area contributed by atoms with E-state index >= 15 is 0 Å². The van der Waals surface area contributed by atoms with Crippen molar-refractivity contribution in [2.75, 3.05) is 18.4 Å². The predicted octanol–water partition coefficient (Wildman–Crippen LogP) is 3.67. The maximum absolute atomic E-state index is 12.2. The zero-order valence-corrected chi connectivity index (χ0v) is 15.0. The molecule has 3 aromatic rings. The number of furan rings is 1. The van der Waals surface area contributed by atoms with E-state index in [0.717, 1.165) is 23.0 Å². The van der Waals surface area contributed by atoms with Crippen LogP contribution in [-0.2, 0) is 17.6 Å². The molecular formula is C20H21N3O4. The maximum atomic E-state index is 12.2. The molecule has 140 valence electrons. The van der Waals surface area contributed by atoms with E-state index in [9.17, 15) is 14.9 Å². The Bertz CT molecular complexity index is 965. The van der Waals surface area contributed by atoms with Crippen LogP contribution < -0.4 is 10.6 Å². The molecule has 0 aliphatic heterocycles. The number of carbonyl (C=O) groups is 1. The molecular weight excluding hydrogens is 346 g/mol. The first-order valence-corrected chi connectivity index (χ1v) is 8.81. The number of hydrogen-bond donors (Lipinski definition) is 2. The van der Waals surface area contributed by atoms with Gasteiger partial charge in [-0.05, 0) is 24.1 Å². The van der Waals surface area contributed by atoms with E-state index in [1.807, 2.05) is 18.2 Å². The van der Waals surface area contributed by atoms with Gasteiger partial charge in [0.05, 0.1) is 17.6 Å². The molecule has 0 fully saturated rings. The zero-order valence-electron chi connectivity index (χ0n) is 15.0. The number of anilines is 1. The topological polar surface area (TPSA) is 97.4 Å². The average Bonchev–Trinajstić information content (AvgIpc) is 3.07. The van der Waals surface area contributed by atoms with Gasteiger partial charge in [0.25, 0.3) is 5.69 Å². The number of carbonyl (C=O) groups excluding carboxylic acids is 1. The molecule has 0 radical (unpaired) electrons. The van der Waals surface area contributed by atoms with Crippen molar-refractivity contribution in [1.29, 1.82) is 0 Å². The summed E-state index contributed by atoms with van der Waals surface area (Å²) < 4.78 is 5.56. The Labute approximate surface area is 156 Å². The molecule has 0 bridgehead atoms. The van der Waals surface area contributed by atoms with Crippen LogP contribution in [0.5, 0.6) is 0 Å². The molecule has 0 spiro atoms. The average molecular weight is 367 g/mol. The van der Waals surface area contributed by atoms with Crippen LogP contribution in [0.3, 0.4) is 0 Å². The number of rotatable bonds is 8. The minimum Gasteiger partial charge on any atom is -0.464 e. The van der Waals surface area contributed by atoms with Gasteiger partial charge in [0.2, 0.25) is 5.91 Å². The Morgan fingerprint density at radius 3 is 2.78 bits per heavy atom. The summed E-state index contributed by atoms with van der Waals surface area (Å²) in [5, 5.41) is 17.7. The smallest absolute Gasteiger partial charge is 0.292 e. The third-order valence-electron chi connectivity index (χ3n) is 4.34. The molecule has 0 unspecified atom stereocenters. The number of nitrogens with one attached hydrogen (secondary N) is 2. The van der Waals surface area contributed by atoms with Crippen LogP contribution in [0.25, 0.3) is 11.0 Å². The van der Waals surface area contributed by atoms with Gasteiger partial charge in [0.1, 0.15) is 11.3 Å². The van der Waals surface area contributed by atoms with Crippen LogP contribution in [0.15, 0.2) is 53.1 Å². The zero-order chi connectivity index (χ0) is 19.2. The molecule has 1 amide bonds. The number of para-hydroxylation sites is 2. The van der Waals surface area contributed by atoms with Gasteiger partial charge < -0.3 is 15.1 Å². The van der Waals surface area contributed by atoms with Gasteiger partial charge in [0.15, 0.2) is 0 Å². The summed E-state index contributed by atoms with van der Waals surface area (Å²) in [6, 6.07) is 12.4. The first-order chi connectivity index (χ1) is 13.1. The standard InChI is InChI=1S/C20H21N3O4/c1-2-14-7-8-16-15(13-27-19(16)11-14)12-20(24)22-10-9-21-17-5-3-4-6-18(17)23(25)26/h3-8,11,13,21H,2,9-10,12H2,1H3,(H,22,24). The SMILES string of the molecule is CCc1ccc2c(CC(=O)NCCNc3ccccc3[N+](=O)[O-])coc2c1. The van der Waals surface area contributed by atoms with E-state index in [4.69, 9.17) is 4.42 Å². The lowest BCUT2D eigenvalue weighted by molar-refractivity contribution is -0.384. The van der Waals surface area contributed by atoms with Gasteiger partial charge in [0, 0.05) is 30.1 Å². The van der Waals surface area contributed by atoms with Crippen molar-refractivity contribution in [2.45, 2.75) is 19.8 Å². The number of hydrogen-bond acceptors (Lipinski definition) is 5. The summed E-state index contributed by atoms with van der Waals surface area (Å²) in [5.41, 5.74) is 3.27. The van der Waals surface area contributed by atoms with E-state index in [1.165, 1.54) is 11.6 Å². The molecule has 7 nitrogen and oxygen atoms in total. The predicted molar refractivity (Wildman–Crippen MR) is 104 cm³/mol. The van der Waals surface area contributed by atoms with E-state index in [0.29, 0.717) is 18.8 Å². The van der Waals surface area contributed by atoms with E-state index < -0.39 is 4.92 Å². The highest BCUT2D eigenvalue weighted by molar-refractivity contribution is 5.88. The molecule has 2 aromatic carbocycles. The van der Waals surface area contributed by atoms with Gasteiger partial charge in [-0.25, -0.2) is 0 Å². The molecule has 7 heteroatoms. The number of nitro groups is 1. The Kier molecular flexibility index (Phi) is 5.71. The van der Waals surface area contributed by atoms with E-state index in [2.05, 4.69) is 17.6 Å². The minimum absolute atomic E-state index is 0.0140. The first-order valence-electron chi connectivity index (χ1n) is 8.81. The van der Waals surface area contributed by atoms with Crippen molar-refractivity contribution < 1.29 is 14.1 Å². The van der Waals surface area contributed by atoms with Gasteiger partial charge in [-0.15, -0.1) is 0 Å². The number of fused-ring (bicyclic) bond motifs is 1. The molecule has 0 saturated carbocycles. The van der Waals surface area contributed by atoms with Crippen LogP contribution in [0, 0.1) is 10.1 Å². The number of nitro benzene ring substituents is 1. The summed E-state index contributed by atoms with van der Waals surface area (Å²) >= 11 is 0. The highest BCUT2D eigenvalue weighted by Crippen LogP contribution is 2.24. The Hall–Kier alpha value is -3.35. The van der Waals surface area contributed by atoms with Crippen molar-refractivity contribution >= 4 is 28.3 Å². The van der Waals surface area contributed by atoms with Crippen LogP contribution in [0.4, 0.5) is 11.4 Å². The van der Waals surface area contributed by atoms with Gasteiger partial charge in [-0.3, -0.25) is 14.9 Å². The number of amides is 1. The van der Waals surface area contributed by atoms with Crippen LogP contribution in [0.1, 0.15) is 18.1 Å². The Balaban J connectivity index is 1.51. The molecule has 1 aromatic heterocycles. The maximum Gasteiger partial charge on any atom is 0.292 e. The highest BCUT2D eigenvalue weighted by atomic mass is 16.6.